The topological polar surface area (TPSA) is 58.5 Å². The zero-order valence-corrected chi connectivity index (χ0v) is 14.7. The Hall–Kier alpha value is -3.02. The third kappa shape index (κ3) is 3.74. The molecule has 0 radical (unpaired) electrons. The number of hydrazone groups is 1. The first-order valence-corrected chi connectivity index (χ1v) is 8.10. The largest absolute Gasteiger partial charge is 0.497 e. The molecule has 6 heteroatoms. The maximum absolute atomic E-state index is 5.23. The van der Waals surface area contributed by atoms with Crippen LogP contribution in [0.25, 0.3) is 0 Å². The van der Waals surface area contributed by atoms with E-state index in [1.54, 1.807) is 21.3 Å². The van der Waals surface area contributed by atoms with Crippen LogP contribution in [0.1, 0.15) is 12.0 Å². The standard InChI is InChI=1S/C19H22N4O2/c1-20-19-22-21-18(14-4-8-16(24-2)9-5-14)12-13-23(19)15-6-10-17(25-3)11-7-15/h4-11H,12-13H2,1-3H3,(H,20,22). The minimum atomic E-state index is 0.716. The number of hydrogen-bond donors (Lipinski definition) is 1. The molecule has 0 saturated carbocycles. The van der Waals surface area contributed by atoms with Gasteiger partial charge in [-0.15, -0.1) is 0 Å². The molecule has 25 heavy (non-hydrogen) atoms. The predicted molar refractivity (Wildman–Crippen MR) is 101 cm³/mol. The van der Waals surface area contributed by atoms with Crippen LogP contribution in [0.15, 0.2) is 58.6 Å². The Balaban J connectivity index is 1.81. The molecule has 0 amide bonds. The lowest BCUT2D eigenvalue weighted by molar-refractivity contribution is 0.414. The van der Waals surface area contributed by atoms with Gasteiger partial charge in [0.15, 0.2) is 0 Å². The van der Waals surface area contributed by atoms with E-state index in [0.717, 1.165) is 41.4 Å². The van der Waals surface area contributed by atoms with Gasteiger partial charge >= 0.3 is 0 Å². The summed E-state index contributed by atoms with van der Waals surface area (Å²) in [5.74, 6) is 2.38. The van der Waals surface area contributed by atoms with E-state index < -0.39 is 0 Å². The summed E-state index contributed by atoms with van der Waals surface area (Å²) in [4.78, 5) is 6.45. The minimum Gasteiger partial charge on any atom is -0.497 e. The van der Waals surface area contributed by atoms with Gasteiger partial charge in [-0.1, -0.05) is 0 Å². The maximum Gasteiger partial charge on any atom is 0.219 e. The van der Waals surface area contributed by atoms with Crippen LogP contribution in [0, 0.1) is 0 Å². The molecule has 1 heterocycles. The zero-order chi connectivity index (χ0) is 17.6. The molecule has 2 aromatic rings. The fourth-order valence-electron chi connectivity index (χ4n) is 2.73. The Morgan fingerprint density at radius 3 is 2.12 bits per heavy atom. The quantitative estimate of drug-likeness (QED) is 0.931. The van der Waals surface area contributed by atoms with E-state index in [1.807, 2.05) is 48.5 Å². The van der Waals surface area contributed by atoms with Crippen LogP contribution >= 0.6 is 0 Å². The second-order valence-electron chi connectivity index (χ2n) is 5.55. The molecule has 0 atom stereocenters. The van der Waals surface area contributed by atoms with E-state index in [0.29, 0.717) is 5.96 Å². The van der Waals surface area contributed by atoms with Crippen LogP contribution in [0.2, 0.25) is 0 Å². The van der Waals surface area contributed by atoms with Gasteiger partial charge in [0.1, 0.15) is 11.5 Å². The number of nitrogens with one attached hydrogen (secondary N) is 1. The van der Waals surface area contributed by atoms with Crippen molar-refractivity contribution in [1.29, 1.82) is 0 Å². The predicted octanol–water partition coefficient (Wildman–Crippen LogP) is 2.89. The molecule has 1 N–H and O–H groups in total. The summed E-state index contributed by atoms with van der Waals surface area (Å²) in [5, 5.41) is 4.54. The van der Waals surface area contributed by atoms with Crippen molar-refractivity contribution in [3.05, 3.63) is 54.1 Å². The monoisotopic (exact) mass is 338 g/mol. The van der Waals surface area contributed by atoms with E-state index in [2.05, 4.69) is 20.4 Å². The van der Waals surface area contributed by atoms with E-state index in [4.69, 9.17) is 9.47 Å². The molecule has 0 aliphatic carbocycles. The summed E-state index contributed by atoms with van der Waals surface area (Å²) in [6, 6.07) is 15.8. The number of methoxy groups -OCH3 is 2. The first-order valence-electron chi connectivity index (χ1n) is 8.10. The van der Waals surface area contributed by atoms with Crippen LogP contribution < -0.4 is 19.8 Å². The van der Waals surface area contributed by atoms with Crippen molar-refractivity contribution in [3.63, 3.8) is 0 Å². The van der Waals surface area contributed by atoms with Crippen molar-refractivity contribution in [1.82, 2.24) is 5.43 Å². The number of ether oxygens (including phenoxy) is 2. The van der Waals surface area contributed by atoms with Crippen molar-refractivity contribution < 1.29 is 9.47 Å². The van der Waals surface area contributed by atoms with Gasteiger partial charge in [-0.3, -0.25) is 4.99 Å². The second-order valence-corrected chi connectivity index (χ2v) is 5.55. The summed E-state index contributed by atoms with van der Waals surface area (Å²) in [6.45, 7) is 0.775. The zero-order valence-electron chi connectivity index (χ0n) is 14.7. The Bertz CT molecular complexity index is 767. The molecular weight excluding hydrogens is 316 g/mol. The Morgan fingerprint density at radius 1 is 0.960 bits per heavy atom. The molecule has 1 aliphatic heterocycles. The van der Waals surface area contributed by atoms with Crippen molar-refractivity contribution in [3.8, 4) is 11.5 Å². The summed E-state index contributed by atoms with van der Waals surface area (Å²) >= 11 is 0. The SMILES string of the molecule is CN=C1NN=C(c2ccc(OC)cc2)CCN1c1ccc(OC)cc1. The van der Waals surface area contributed by atoms with Crippen LogP contribution in [0.4, 0.5) is 5.69 Å². The fraction of sp³-hybridized carbons (Fsp3) is 0.263. The summed E-state index contributed by atoms with van der Waals surface area (Å²) < 4.78 is 10.4. The minimum absolute atomic E-state index is 0.716. The number of nitrogens with zero attached hydrogens (tertiary/aromatic N) is 3. The lowest BCUT2D eigenvalue weighted by Crippen LogP contribution is -2.38. The number of guanidine groups is 1. The third-order valence-corrected chi connectivity index (χ3v) is 4.14. The van der Waals surface area contributed by atoms with E-state index in [9.17, 15) is 0 Å². The van der Waals surface area contributed by atoms with Crippen molar-refractivity contribution in [2.24, 2.45) is 10.1 Å². The van der Waals surface area contributed by atoms with Crippen LogP contribution in [-0.4, -0.2) is 39.5 Å². The number of hydrogen-bond acceptors (Lipinski definition) is 4. The maximum atomic E-state index is 5.23. The van der Waals surface area contributed by atoms with Crippen molar-refractivity contribution >= 4 is 17.4 Å². The average Bonchev–Trinajstić information content (AvgIpc) is 2.90. The highest BCUT2D eigenvalue weighted by Crippen LogP contribution is 2.21. The van der Waals surface area contributed by atoms with Gasteiger partial charge < -0.3 is 14.4 Å². The molecular formula is C19H22N4O2. The molecule has 6 nitrogen and oxygen atoms in total. The highest BCUT2D eigenvalue weighted by molar-refractivity contribution is 6.05. The molecule has 1 aliphatic rings. The summed E-state index contributed by atoms with van der Waals surface area (Å²) in [7, 11) is 5.08. The fourth-order valence-corrected chi connectivity index (χ4v) is 2.73. The van der Waals surface area contributed by atoms with Gasteiger partial charge in [0.25, 0.3) is 0 Å². The Morgan fingerprint density at radius 2 is 1.56 bits per heavy atom. The molecule has 0 bridgehead atoms. The van der Waals surface area contributed by atoms with Gasteiger partial charge in [-0.05, 0) is 54.1 Å². The molecule has 0 unspecified atom stereocenters. The summed E-state index contributed by atoms with van der Waals surface area (Å²) in [6.07, 6.45) is 0.796. The molecule has 2 aromatic carbocycles. The van der Waals surface area contributed by atoms with Crippen LogP contribution in [0.3, 0.4) is 0 Å². The molecule has 0 aromatic heterocycles. The lowest BCUT2D eigenvalue weighted by atomic mass is 10.1. The van der Waals surface area contributed by atoms with Crippen LogP contribution in [0.5, 0.6) is 11.5 Å². The van der Waals surface area contributed by atoms with Crippen molar-refractivity contribution in [2.75, 3.05) is 32.7 Å². The highest BCUT2D eigenvalue weighted by Gasteiger charge is 2.18. The highest BCUT2D eigenvalue weighted by atomic mass is 16.5. The number of aliphatic imine (C=N–C) groups is 1. The summed E-state index contributed by atoms with van der Waals surface area (Å²) in [5.41, 5.74) is 6.18. The van der Waals surface area contributed by atoms with Crippen LogP contribution in [-0.2, 0) is 0 Å². The normalized spacial score (nSPS) is 16.0. The second kappa shape index (κ2) is 7.70. The van der Waals surface area contributed by atoms with E-state index in [1.165, 1.54) is 0 Å². The van der Waals surface area contributed by atoms with E-state index in [-0.39, 0.29) is 0 Å². The number of rotatable bonds is 4. The Kier molecular flexibility index (Phi) is 5.18. The van der Waals surface area contributed by atoms with Gasteiger partial charge in [-0.2, -0.15) is 5.10 Å². The molecule has 0 fully saturated rings. The van der Waals surface area contributed by atoms with Gasteiger partial charge in [0.2, 0.25) is 5.96 Å². The van der Waals surface area contributed by atoms with Gasteiger partial charge in [0, 0.05) is 25.7 Å². The first-order chi connectivity index (χ1) is 12.2. The molecule has 3 rings (SSSR count). The van der Waals surface area contributed by atoms with Gasteiger partial charge in [0.05, 0.1) is 19.9 Å². The van der Waals surface area contributed by atoms with Gasteiger partial charge in [-0.25, -0.2) is 5.43 Å². The van der Waals surface area contributed by atoms with E-state index >= 15 is 0 Å². The number of benzene rings is 2. The van der Waals surface area contributed by atoms with Crippen molar-refractivity contribution in [2.45, 2.75) is 6.42 Å². The smallest absolute Gasteiger partial charge is 0.219 e. The molecule has 130 valence electrons. The average molecular weight is 338 g/mol. The number of anilines is 1. The molecule has 0 spiro atoms. The lowest BCUT2D eigenvalue weighted by Gasteiger charge is -2.23. The third-order valence-electron chi connectivity index (χ3n) is 4.14. The Labute approximate surface area is 147 Å². The first kappa shape index (κ1) is 16.8. The molecule has 0 saturated heterocycles.